The Hall–Kier alpha value is -1.23. The van der Waals surface area contributed by atoms with Crippen LogP contribution in [-0.2, 0) is 11.2 Å². The van der Waals surface area contributed by atoms with E-state index in [1.807, 2.05) is 5.51 Å². The van der Waals surface area contributed by atoms with Crippen molar-refractivity contribution in [3.63, 3.8) is 0 Å². The molecule has 1 aromatic heterocycles. The summed E-state index contributed by atoms with van der Waals surface area (Å²) < 4.78 is 6.06. The maximum Gasteiger partial charge on any atom is 0.0846 e. The fourth-order valence-electron chi connectivity index (χ4n) is 3.06. The van der Waals surface area contributed by atoms with Crippen LogP contribution < -0.4 is 5.32 Å². The Morgan fingerprint density at radius 1 is 1.43 bits per heavy atom. The number of nitrogens with zero attached hydrogens (tertiary/aromatic N) is 1. The number of ether oxygens (including phenoxy) is 1. The topological polar surface area (TPSA) is 34.1 Å². The second-order valence-electron chi connectivity index (χ2n) is 5.46. The normalized spacial score (nSPS) is 19.2. The molecule has 112 valence electrons. The fourth-order valence-corrected chi connectivity index (χ4v) is 3.95. The number of aryl methyl sites for hydroxylation is 1. The van der Waals surface area contributed by atoms with E-state index in [-0.39, 0.29) is 6.10 Å². The third-order valence-electron chi connectivity index (χ3n) is 4.09. The highest BCUT2D eigenvalue weighted by molar-refractivity contribution is 7.09. The van der Waals surface area contributed by atoms with E-state index in [9.17, 15) is 0 Å². The van der Waals surface area contributed by atoms with Crippen LogP contribution in [0.3, 0.4) is 0 Å². The summed E-state index contributed by atoms with van der Waals surface area (Å²) in [5.41, 5.74) is 5.86. The second-order valence-corrected chi connectivity index (χ2v) is 6.34. The van der Waals surface area contributed by atoms with Crippen molar-refractivity contribution in [1.29, 1.82) is 0 Å². The Morgan fingerprint density at radius 3 is 3.05 bits per heavy atom. The lowest BCUT2D eigenvalue weighted by molar-refractivity contribution is 0.0296. The molecule has 0 saturated carbocycles. The van der Waals surface area contributed by atoms with E-state index in [0.29, 0.717) is 6.04 Å². The van der Waals surface area contributed by atoms with Gasteiger partial charge in [0.15, 0.2) is 0 Å². The van der Waals surface area contributed by atoms with Gasteiger partial charge in [-0.05, 0) is 37.4 Å². The molecular formula is C17H22N2OS. The number of thiazole rings is 1. The van der Waals surface area contributed by atoms with Gasteiger partial charge in [-0.2, -0.15) is 0 Å². The summed E-state index contributed by atoms with van der Waals surface area (Å²) >= 11 is 1.74. The number of fused-ring (bicyclic) bond motifs is 1. The first kappa shape index (κ1) is 14.7. The van der Waals surface area contributed by atoms with Gasteiger partial charge in [-0.25, -0.2) is 4.98 Å². The highest BCUT2D eigenvalue weighted by Gasteiger charge is 2.26. The van der Waals surface area contributed by atoms with Gasteiger partial charge in [0, 0.05) is 10.9 Å². The molecule has 2 unspecified atom stereocenters. The molecule has 3 rings (SSSR count). The molecule has 0 amide bonds. The fraction of sp³-hybridized carbons (Fsp3) is 0.471. The third kappa shape index (κ3) is 3.18. The van der Waals surface area contributed by atoms with Crippen molar-refractivity contribution < 1.29 is 4.74 Å². The van der Waals surface area contributed by atoms with E-state index < -0.39 is 0 Å². The molecule has 3 nitrogen and oxygen atoms in total. The molecule has 2 heterocycles. The van der Waals surface area contributed by atoms with Crippen LogP contribution in [-0.4, -0.2) is 18.1 Å². The van der Waals surface area contributed by atoms with E-state index in [2.05, 4.69) is 48.4 Å². The van der Waals surface area contributed by atoms with Gasteiger partial charge in [0.05, 0.1) is 23.9 Å². The zero-order chi connectivity index (χ0) is 14.7. The largest absolute Gasteiger partial charge is 0.373 e. The van der Waals surface area contributed by atoms with Crippen LogP contribution in [0.5, 0.6) is 0 Å². The van der Waals surface area contributed by atoms with Crippen molar-refractivity contribution in [3.8, 4) is 0 Å². The lowest BCUT2D eigenvalue weighted by Crippen LogP contribution is -2.26. The van der Waals surface area contributed by atoms with Crippen LogP contribution in [0.15, 0.2) is 29.8 Å². The SMILES string of the molecule is CCNC(CC1OCCc2ccccc21)c1scnc1C. The van der Waals surface area contributed by atoms with Crippen molar-refractivity contribution in [3.05, 3.63) is 51.5 Å². The Morgan fingerprint density at radius 2 is 2.29 bits per heavy atom. The minimum Gasteiger partial charge on any atom is -0.373 e. The second kappa shape index (κ2) is 6.69. The molecule has 0 fully saturated rings. The Labute approximate surface area is 130 Å². The zero-order valence-electron chi connectivity index (χ0n) is 12.6. The molecule has 0 radical (unpaired) electrons. The van der Waals surface area contributed by atoms with Crippen molar-refractivity contribution in [2.75, 3.05) is 13.2 Å². The van der Waals surface area contributed by atoms with Gasteiger partial charge >= 0.3 is 0 Å². The van der Waals surface area contributed by atoms with Gasteiger partial charge in [0.2, 0.25) is 0 Å². The lowest BCUT2D eigenvalue weighted by atomic mass is 9.93. The first-order valence-corrected chi connectivity index (χ1v) is 8.50. The molecule has 0 spiro atoms. The average Bonchev–Trinajstić information content (AvgIpc) is 2.93. The van der Waals surface area contributed by atoms with E-state index in [0.717, 1.165) is 31.7 Å². The number of benzene rings is 1. The molecule has 1 aromatic carbocycles. The molecule has 1 N–H and O–H groups in total. The summed E-state index contributed by atoms with van der Waals surface area (Å²) in [5.74, 6) is 0. The van der Waals surface area contributed by atoms with Gasteiger partial charge < -0.3 is 10.1 Å². The Kier molecular flexibility index (Phi) is 4.68. The lowest BCUT2D eigenvalue weighted by Gasteiger charge is -2.29. The summed E-state index contributed by atoms with van der Waals surface area (Å²) in [6.45, 7) is 6.02. The standard InChI is InChI=1S/C17H22N2OS/c1-3-18-15(17-12(2)19-11-21-17)10-16-14-7-5-4-6-13(14)8-9-20-16/h4-7,11,15-16,18H,3,8-10H2,1-2H3. The molecule has 0 saturated heterocycles. The van der Waals surface area contributed by atoms with Gasteiger partial charge in [-0.1, -0.05) is 31.2 Å². The van der Waals surface area contributed by atoms with E-state index >= 15 is 0 Å². The van der Waals surface area contributed by atoms with Gasteiger partial charge in [-0.15, -0.1) is 11.3 Å². The van der Waals surface area contributed by atoms with Crippen molar-refractivity contribution >= 4 is 11.3 Å². The molecule has 0 bridgehead atoms. The summed E-state index contributed by atoms with van der Waals surface area (Å²) in [4.78, 5) is 5.73. The number of aromatic nitrogens is 1. The van der Waals surface area contributed by atoms with E-state index in [1.165, 1.54) is 16.0 Å². The van der Waals surface area contributed by atoms with Crippen LogP contribution in [0.4, 0.5) is 0 Å². The first-order valence-electron chi connectivity index (χ1n) is 7.62. The predicted octanol–water partition coefficient (Wildman–Crippen LogP) is 3.81. The van der Waals surface area contributed by atoms with Crippen LogP contribution in [0.2, 0.25) is 0 Å². The maximum absolute atomic E-state index is 6.06. The smallest absolute Gasteiger partial charge is 0.0846 e. The first-order chi connectivity index (χ1) is 10.3. The van der Waals surface area contributed by atoms with E-state index in [1.54, 1.807) is 11.3 Å². The number of rotatable bonds is 5. The number of nitrogens with one attached hydrogen (secondary N) is 1. The molecule has 0 aliphatic carbocycles. The minimum absolute atomic E-state index is 0.181. The third-order valence-corrected chi connectivity index (χ3v) is 5.14. The maximum atomic E-state index is 6.06. The molecule has 1 aliphatic heterocycles. The quantitative estimate of drug-likeness (QED) is 0.912. The Balaban J connectivity index is 1.83. The average molecular weight is 302 g/mol. The van der Waals surface area contributed by atoms with Gasteiger partial charge in [0.25, 0.3) is 0 Å². The summed E-state index contributed by atoms with van der Waals surface area (Å²) in [5, 5.41) is 3.59. The van der Waals surface area contributed by atoms with Crippen LogP contribution in [0.1, 0.15) is 47.2 Å². The van der Waals surface area contributed by atoms with Crippen LogP contribution in [0.25, 0.3) is 0 Å². The highest BCUT2D eigenvalue weighted by atomic mass is 32.1. The van der Waals surface area contributed by atoms with Gasteiger partial charge in [0.1, 0.15) is 0 Å². The minimum atomic E-state index is 0.181. The molecule has 1 aliphatic rings. The van der Waals surface area contributed by atoms with Crippen LogP contribution >= 0.6 is 11.3 Å². The molecule has 4 heteroatoms. The monoisotopic (exact) mass is 302 g/mol. The molecule has 21 heavy (non-hydrogen) atoms. The summed E-state index contributed by atoms with van der Waals surface area (Å²) in [6, 6.07) is 8.99. The van der Waals surface area contributed by atoms with E-state index in [4.69, 9.17) is 4.74 Å². The van der Waals surface area contributed by atoms with Crippen molar-refractivity contribution in [2.24, 2.45) is 0 Å². The highest BCUT2D eigenvalue weighted by Crippen LogP contribution is 2.36. The van der Waals surface area contributed by atoms with Crippen LogP contribution in [0, 0.1) is 6.92 Å². The van der Waals surface area contributed by atoms with Crippen molar-refractivity contribution in [2.45, 2.75) is 38.8 Å². The Bertz CT molecular complexity index is 596. The summed E-state index contributed by atoms with van der Waals surface area (Å²) in [6.07, 6.45) is 2.17. The van der Waals surface area contributed by atoms with Crippen molar-refractivity contribution in [1.82, 2.24) is 10.3 Å². The molecule has 2 atom stereocenters. The zero-order valence-corrected chi connectivity index (χ0v) is 13.5. The summed E-state index contributed by atoms with van der Waals surface area (Å²) in [7, 11) is 0. The number of hydrogen-bond donors (Lipinski definition) is 1. The molecule has 2 aromatic rings. The number of hydrogen-bond acceptors (Lipinski definition) is 4. The predicted molar refractivity (Wildman–Crippen MR) is 86.7 cm³/mol. The molecular weight excluding hydrogens is 280 g/mol. The van der Waals surface area contributed by atoms with Gasteiger partial charge in [-0.3, -0.25) is 0 Å².